The highest BCUT2D eigenvalue weighted by atomic mass is 32.2. The van der Waals surface area contributed by atoms with E-state index < -0.39 is 6.10 Å². The van der Waals surface area contributed by atoms with E-state index in [0.717, 1.165) is 22.3 Å². The third-order valence-corrected chi connectivity index (χ3v) is 3.84. The maximum atomic E-state index is 9.32. The minimum Gasteiger partial charge on any atom is -0.394 e. The number of nitrogens with zero attached hydrogens (tertiary/aromatic N) is 1. The van der Waals surface area contributed by atoms with Gasteiger partial charge in [-0.1, -0.05) is 18.2 Å². The van der Waals surface area contributed by atoms with Crippen LogP contribution in [0.5, 0.6) is 0 Å². The molecule has 1 atom stereocenters. The summed E-state index contributed by atoms with van der Waals surface area (Å²) in [5.41, 5.74) is 3.25. The van der Waals surface area contributed by atoms with Crippen molar-refractivity contribution in [3.05, 3.63) is 41.6 Å². The number of benzene rings is 1. The van der Waals surface area contributed by atoms with E-state index in [2.05, 4.69) is 17.1 Å². The summed E-state index contributed by atoms with van der Waals surface area (Å²) in [5, 5.41) is 19.3. The quantitative estimate of drug-likeness (QED) is 0.867. The van der Waals surface area contributed by atoms with Crippen LogP contribution in [-0.4, -0.2) is 33.7 Å². The second kappa shape index (κ2) is 6.18. The summed E-state index contributed by atoms with van der Waals surface area (Å²) in [6.45, 7) is 1.81. The van der Waals surface area contributed by atoms with Crippen molar-refractivity contribution in [1.29, 1.82) is 0 Å². The lowest BCUT2D eigenvalue weighted by Gasteiger charge is -2.09. The zero-order chi connectivity index (χ0) is 13.0. The number of para-hydroxylation sites is 1. The van der Waals surface area contributed by atoms with Crippen LogP contribution in [0.2, 0.25) is 0 Å². The van der Waals surface area contributed by atoms with Gasteiger partial charge in [-0.3, -0.25) is 4.98 Å². The van der Waals surface area contributed by atoms with Crippen molar-refractivity contribution in [2.75, 3.05) is 12.4 Å². The Bertz CT molecular complexity index is 530. The fourth-order valence-corrected chi connectivity index (χ4v) is 2.83. The molecule has 3 nitrogen and oxygen atoms in total. The van der Waals surface area contributed by atoms with Crippen LogP contribution < -0.4 is 0 Å². The molecular formula is C14H17NO2S. The number of aromatic nitrogens is 1. The van der Waals surface area contributed by atoms with E-state index in [-0.39, 0.29) is 6.61 Å². The molecule has 0 amide bonds. The summed E-state index contributed by atoms with van der Waals surface area (Å²) in [5.74, 6) is 1.37. The number of hydrogen-bond donors (Lipinski definition) is 2. The molecule has 0 bridgehead atoms. The maximum Gasteiger partial charge on any atom is 0.0861 e. The van der Waals surface area contributed by atoms with Crippen molar-refractivity contribution in [3.8, 4) is 0 Å². The SMILES string of the molecule is Cc1cc(CSCC(O)CO)c2ccccc2n1. The van der Waals surface area contributed by atoms with Gasteiger partial charge in [-0.25, -0.2) is 0 Å². The van der Waals surface area contributed by atoms with E-state index in [0.29, 0.717) is 5.75 Å². The first kappa shape index (κ1) is 13.3. The molecule has 0 saturated heterocycles. The molecule has 0 aliphatic carbocycles. The summed E-state index contributed by atoms with van der Waals surface area (Å²) in [6, 6.07) is 10.2. The topological polar surface area (TPSA) is 53.4 Å². The molecule has 0 spiro atoms. The van der Waals surface area contributed by atoms with E-state index >= 15 is 0 Å². The van der Waals surface area contributed by atoms with Crippen LogP contribution in [0.3, 0.4) is 0 Å². The first-order valence-corrected chi connectivity index (χ1v) is 7.08. The first-order chi connectivity index (χ1) is 8.70. The van der Waals surface area contributed by atoms with E-state index in [9.17, 15) is 5.11 Å². The summed E-state index contributed by atoms with van der Waals surface area (Å²) in [6.07, 6.45) is -0.635. The van der Waals surface area contributed by atoms with Gasteiger partial charge in [-0.2, -0.15) is 11.8 Å². The fourth-order valence-electron chi connectivity index (χ4n) is 1.87. The molecule has 18 heavy (non-hydrogen) atoms. The van der Waals surface area contributed by atoms with Crippen LogP contribution >= 0.6 is 11.8 Å². The average molecular weight is 263 g/mol. The van der Waals surface area contributed by atoms with Gasteiger partial charge in [-0.05, 0) is 24.6 Å². The van der Waals surface area contributed by atoms with Crippen LogP contribution in [0, 0.1) is 6.92 Å². The van der Waals surface area contributed by atoms with Gasteiger partial charge in [0.1, 0.15) is 0 Å². The van der Waals surface area contributed by atoms with Gasteiger partial charge in [0, 0.05) is 22.6 Å². The van der Waals surface area contributed by atoms with Gasteiger partial charge < -0.3 is 10.2 Å². The predicted molar refractivity (Wildman–Crippen MR) is 75.7 cm³/mol. The van der Waals surface area contributed by atoms with Gasteiger partial charge in [0.25, 0.3) is 0 Å². The van der Waals surface area contributed by atoms with E-state index in [1.165, 1.54) is 5.56 Å². The standard InChI is InChI=1S/C14H17NO2S/c1-10-6-11(8-18-9-12(17)7-16)13-4-2-3-5-14(13)15-10/h2-6,12,16-17H,7-9H2,1H3. The molecule has 0 radical (unpaired) electrons. The van der Waals surface area contributed by atoms with Crippen molar-refractivity contribution < 1.29 is 10.2 Å². The Balaban J connectivity index is 2.17. The molecule has 0 aliphatic rings. The zero-order valence-corrected chi connectivity index (χ0v) is 11.2. The Morgan fingerprint density at radius 1 is 1.33 bits per heavy atom. The average Bonchev–Trinajstić information content (AvgIpc) is 2.38. The predicted octanol–water partition coefficient (Wildman–Crippen LogP) is 2.13. The molecule has 0 saturated carbocycles. The number of rotatable bonds is 5. The molecule has 1 unspecified atom stereocenters. The monoisotopic (exact) mass is 263 g/mol. The number of fused-ring (bicyclic) bond motifs is 1. The number of pyridine rings is 1. The van der Waals surface area contributed by atoms with Gasteiger partial charge in [-0.15, -0.1) is 0 Å². The summed E-state index contributed by atoms with van der Waals surface area (Å²) >= 11 is 1.62. The highest BCUT2D eigenvalue weighted by Gasteiger charge is 2.06. The van der Waals surface area contributed by atoms with Crippen molar-refractivity contribution in [3.63, 3.8) is 0 Å². The highest BCUT2D eigenvalue weighted by Crippen LogP contribution is 2.22. The Morgan fingerprint density at radius 3 is 2.89 bits per heavy atom. The van der Waals surface area contributed by atoms with E-state index in [4.69, 9.17) is 5.11 Å². The molecule has 4 heteroatoms. The fraction of sp³-hybridized carbons (Fsp3) is 0.357. The Hall–Kier alpha value is -1.10. The lowest BCUT2D eigenvalue weighted by atomic mass is 10.1. The number of aliphatic hydroxyl groups excluding tert-OH is 2. The van der Waals surface area contributed by atoms with Crippen molar-refractivity contribution in [2.45, 2.75) is 18.8 Å². The zero-order valence-electron chi connectivity index (χ0n) is 10.3. The second-order valence-electron chi connectivity index (χ2n) is 4.29. The Morgan fingerprint density at radius 2 is 2.11 bits per heavy atom. The van der Waals surface area contributed by atoms with Crippen LogP contribution in [0.15, 0.2) is 30.3 Å². The van der Waals surface area contributed by atoms with Crippen molar-refractivity contribution in [1.82, 2.24) is 4.98 Å². The molecular weight excluding hydrogens is 246 g/mol. The second-order valence-corrected chi connectivity index (χ2v) is 5.32. The molecule has 1 heterocycles. The van der Waals surface area contributed by atoms with Crippen LogP contribution in [0.1, 0.15) is 11.3 Å². The van der Waals surface area contributed by atoms with Crippen LogP contribution in [0.25, 0.3) is 10.9 Å². The van der Waals surface area contributed by atoms with Crippen molar-refractivity contribution in [2.24, 2.45) is 0 Å². The Labute approximate surface area is 111 Å². The van der Waals surface area contributed by atoms with Gasteiger partial charge in [0.15, 0.2) is 0 Å². The summed E-state index contributed by atoms with van der Waals surface area (Å²) in [4.78, 5) is 4.50. The molecule has 0 fully saturated rings. The maximum absolute atomic E-state index is 9.32. The molecule has 2 N–H and O–H groups in total. The van der Waals surface area contributed by atoms with Crippen molar-refractivity contribution >= 4 is 22.7 Å². The lowest BCUT2D eigenvalue weighted by molar-refractivity contribution is 0.113. The molecule has 1 aromatic heterocycles. The Kier molecular flexibility index (Phi) is 4.58. The largest absolute Gasteiger partial charge is 0.394 e. The molecule has 96 valence electrons. The summed E-state index contributed by atoms with van der Waals surface area (Å²) in [7, 11) is 0. The van der Waals surface area contributed by atoms with Crippen LogP contribution in [-0.2, 0) is 5.75 Å². The van der Waals surface area contributed by atoms with E-state index in [1.807, 2.05) is 25.1 Å². The third kappa shape index (κ3) is 3.22. The first-order valence-electron chi connectivity index (χ1n) is 5.92. The number of aryl methyl sites for hydroxylation is 1. The molecule has 2 rings (SSSR count). The van der Waals surface area contributed by atoms with Gasteiger partial charge >= 0.3 is 0 Å². The number of hydrogen-bond acceptors (Lipinski definition) is 4. The summed E-state index contributed by atoms with van der Waals surface area (Å²) < 4.78 is 0. The highest BCUT2D eigenvalue weighted by molar-refractivity contribution is 7.98. The lowest BCUT2D eigenvalue weighted by Crippen LogP contribution is -2.14. The smallest absolute Gasteiger partial charge is 0.0861 e. The minimum atomic E-state index is -0.635. The molecule has 2 aromatic rings. The minimum absolute atomic E-state index is 0.177. The van der Waals surface area contributed by atoms with Crippen LogP contribution in [0.4, 0.5) is 0 Å². The third-order valence-electron chi connectivity index (χ3n) is 2.71. The number of aliphatic hydroxyl groups is 2. The van der Waals surface area contributed by atoms with E-state index in [1.54, 1.807) is 11.8 Å². The molecule has 1 aromatic carbocycles. The molecule has 0 aliphatic heterocycles. The van der Waals surface area contributed by atoms with Gasteiger partial charge in [0.2, 0.25) is 0 Å². The normalized spacial score (nSPS) is 12.8. The number of thioether (sulfide) groups is 1. The van der Waals surface area contributed by atoms with Gasteiger partial charge in [0.05, 0.1) is 18.2 Å².